The average molecular weight is 488 g/mol. The Morgan fingerprint density at radius 1 is 1.18 bits per heavy atom. The van der Waals surface area contributed by atoms with Crippen LogP contribution in [0.5, 0.6) is 0 Å². The van der Waals surface area contributed by atoms with Crippen molar-refractivity contribution in [2.24, 2.45) is 11.8 Å². The number of aromatic nitrogens is 1. The van der Waals surface area contributed by atoms with Crippen LogP contribution in [0.1, 0.15) is 52.9 Å². The Labute approximate surface area is 200 Å². The molecule has 0 spiro atoms. The highest BCUT2D eigenvalue weighted by Crippen LogP contribution is 2.40. The lowest BCUT2D eigenvalue weighted by molar-refractivity contribution is -0.117. The summed E-state index contributed by atoms with van der Waals surface area (Å²) in [5.41, 5.74) is 1.78. The van der Waals surface area contributed by atoms with E-state index in [0.29, 0.717) is 34.6 Å². The van der Waals surface area contributed by atoms with Gasteiger partial charge in [-0.25, -0.2) is 4.98 Å². The molecule has 33 heavy (non-hydrogen) atoms. The number of nitrogens with zero attached hydrogens (tertiary/aromatic N) is 1. The maximum absolute atomic E-state index is 13.8. The summed E-state index contributed by atoms with van der Waals surface area (Å²) in [6.07, 6.45) is 7.72. The second kappa shape index (κ2) is 9.34. The molecule has 5 rings (SSSR count). The van der Waals surface area contributed by atoms with Gasteiger partial charge in [-0.3, -0.25) is 9.59 Å². The Bertz CT molecular complexity index is 1100. The molecule has 0 aliphatic heterocycles. The smallest absolute Gasteiger partial charge is 0.254 e. The summed E-state index contributed by atoms with van der Waals surface area (Å²) >= 11 is 6.90. The van der Waals surface area contributed by atoms with Crippen molar-refractivity contribution in [2.75, 3.05) is 17.2 Å². The fraction of sp³-hybridized carbons (Fsp3) is 0.478. The van der Waals surface area contributed by atoms with E-state index in [1.54, 1.807) is 12.1 Å². The van der Waals surface area contributed by atoms with Crippen LogP contribution in [0, 0.1) is 17.8 Å². The summed E-state index contributed by atoms with van der Waals surface area (Å²) in [6, 6.07) is 3.20. The SMILES string of the molecule is O=C(NCC1CC1)c1c(NC(=O)C2CC2)sc2c1C[C@@H](NC(=S)Nc1cccnc1F)CC2. The van der Waals surface area contributed by atoms with Gasteiger partial charge in [0.1, 0.15) is 5.00 Å². The molecule has 0 saturated heterocycles. The lowest BCUT2D eigenvalue weighted by atomic mass is 9.91. The fourth-order valence-corrected chi connectivity index (χ4v) is 5.59. The molecule has 2 amide bonds. The predicted molar refractivity (Wildman–Crippen MR) is 130 cm³/mol. The zero-order valence-corrected chi connectivity index (χ0v) is 19.7. The van der Waals surface area contributed by atoms with Crippen LogP contribution in [0.2, 0.25) is 0 Å². The van der Waals surface area contributed by atoms with Crippen LogP contribution in [0.15, 0.2) is 18.3 Å². The second-order valence-corrected chi connectivity index (χ2v) is 10.5. The number of pyridine rings is 1. The fourth-order valence-electron chi connectivity index (χ4n) is 4.07. The van der Waals surface area contributed by atoms with Crippen LogP contribution < -0.4 is 21.3 Å². The number of rotatable bonds is 7. The van der Waals surface area contributed by atoms with E-state index < -0.39 is 5.95 Å². The molecule has 2 heterocycles. The molecule has 10 heteroatoms. The molecule has 0 radical (unpaired) electrons. The Hall–Kier alpha value is -2.59. The zero-order chi connectivity index (χ0) is 22.9. The van der Waals surface area contributed by atoms with Crippen LogP contribution in [0.3, 0.4) is 0 Å². The molecular formula is C23H26FN5O2S2. The Morgan fingerprint density at radius 2 is 2.00 bits per heavy atom. The van der Waals surface area contributed by atoms with E-state index in [9.17, 15) is 14.0 Å². The average Bonchev–Trinajstić information content (AvgIpc) is 3.70. The Morgan fingerprint density at radius 3 is 2.73 bits per heavy atom. The van der Waals surface area contributed by atoms with Gasteiger partial charge < -0.3 is 21.3 Å². The minimum absolute atomic E-state index is 0.00314. The standard InChI is InChI=1S/C23H26FN5O2S2/c24-19-16(2-1-9-25-19)28-23(32)27-14-7-8-17-15(10-14)18(21(31)26-11-12-3-4-12)22(33-17)29-20(30)13-5-6-13/h1-2,9,12-14H,3-8,10-11H2,(H,26,31)(H,29,30)(H2,27,28,32)/t14-/m0/s1. The van der Waals surface area contributed by atoms with Gasteiger partial charge in [0.25, 0.3) is 5.91 Å². The van der Waals surface area contributed by atoms with Gasteiger partial charge in [-0.2, -0.15) is 4.39 Å². The van der Waals surface area contributed by atoms with Crippen LogP contribution in [-0.4, -0.2) is 34.5 Å². The van der Waals surface area contributed by atoms with Crippen molar-refractivity contribution in [3.05, 3.63) is 40.3 Å². The summed E-state index contributed by atoms with van der Waals surface area (Å²) < 4.78 is 13.8. The van der Waals surface area contributed by atoms with E-state index in [1.165, 1.54) is 17.5 Å². The largest absolute Gasteiger partial charge is 0.359 e. The van der Waals surface area contributed by atoms with Gasteiger partial charge in [0, 0.05) is 29.6 Å². The summed E-state index contributed by atoms with van der Waals surface area (Å²) in [7, 11) is 0. The van der Waals surface area contributed by atoms with E-state index in [1.807, 2.05) is 0 Å². The molecule has 0 bridgehead atoms. The van der Waals surface area contributed by atoms with E-state index in [0.717, 1.165) is 49.0 Å². The highest BCUT2D eigenvalue weighted by molar-refractivity contribution is 7.80. The molecule has 174 valence electrons. The van der Waals surface area contributed by atoms with Gasteiger partial charge in [-0.15, -0.1) is 11.3 Å². The van der Waals surface area contributed by atoms with E-state index in [4.69, 9.17) is 12.2 Å². The highest BCUT2D eigenvalue weighted by Gasteiger charge is 2.34. The first-order valence-electron chi connectivity index (χ1n) is 11.4. The van der Waals surface area contributed by atoms with Gasteiger partial charge in [0.15, 0.2) is 5.11 Å². The van der Waals surface area contributed by atoms with Crippen molar-refractivity contribution in [2.45, 2.75) is 51.0 Å². The first-order valence-corrected chi connectivity index (χ1v) is 12.6. The number of aryl methyl sites for hydroxylation is 1. The molecule has 0 aromatic carbocycles. The monoisotopic (exact) mass is 487 g/mol. The topological polar surface area (TPSA) is 95.2 Å². The molecule has 2 fully saturated rings. The number of anilines is 2. The number of thiocarbonyl (C=S) groups is 1. The Kier molecular flexibility index (Phi) is 6.29. The lowest BCUT2D eigenvalue weighted by Crippen LogP contribution is -2.41. The van der Waals surface area contributed by atoms with Crippen LogP contribution >= 0.6 is 23.6 Å². The van der Waals surface area contributed by atoms with Crippen molar-refractivity contribution in [3.63, 3.8) is 0 Å². The third-order valence-electron chi connectivity index (χ3n) is 6.26. The highest BCUT2D eigenvalue weighted by atomic mass is 32.1. The molecule has 2 aromatic heterocycles. The maximum Gasteiger partial charge on any atom is 0.254 e. The number of fused-ring (bicyclic) bond motifs is 1. The minimum Gasteiger partial charge on any atom is -0.359 e. The second-order valence-electron chi connectivity index (χ2n) is 9.00. The quantitative estimate of drug-likeness (QED) is 0.352. The van der Waals surface area contributed by atoms with Gasteiger partial charge in [-0.1, -0.05) is 0 Å². The number of hydrogen-bond acceptors (Lipinski definition) is 5. The molecule has 3 aliphatic rings. The molecule has 3 aliphatic carbocycles. The number of thiophene rings is 1. The number of carbonyl (C=O) groups is 2. The van der Waals surface area contributed by atoms with Crippen molar-refractivity contribution in [3.8, 4) is 0 Å². The molecule has 1 atom stereocenters. The van der Waals surface area contributed by atoms with Gasteiger partial charge >= 0.3 is 0 Å². The first kappa shape index (κ1) is 22.2. The number of halogens is 1. The van der Waals surface area contributed by atoms with E-state index in [2.05, 4.69) is 26.3 Å². The van der Waals surface area contributed by atoms with Gasteiger partial charge in [0.2, 0.25) is 11.9 Å². The minimum atomic E-state index is -0.615. The molecule has 4 N–H and O–H groups in total. The first-order chi connectivity index (χ1) is 16.0. The predicted octanol–water partition coefficient (Wildman–Crippen LogP) is 3.61. The normalized spacial score (nSPS) is 19.4. The van der Waals surface area contributed by atoms with Crippen molar-refractivity contribution in [1.82, 2.24) is 15.6 Å². The van der Waals surface area contributed by atoms with Gasteiger partial charge in [-0.05, 0) is 80.8 Å². The van der Waals surface area contributed by atoms with Gasteiger partial charge in [0.05, 0.1) is 11.3 Å². The molecule has 0 unspecified atom stereocenters. The maximum atomic E-state index is 13.8. The summed E-state index contributed by atoms with van der Waals surface area (Å²) in [6.45, 7) is 0.672. The summed E-state index contributed by atoms with van der Waals surface area (Å²) in [5.74, 6) is -0.0976. The van der Waals surface area contributed by atoms with Crippen molar-refractivity contribution >= 4 is 51.2 Å². The van der Waals surface area contributed by atoms with Crippen molar-refractivity contribution < 1.29 is 14.0 Å². The van der Waals surface area contributed by atoms with Crippen LogP contribution in [0.4, 0.5) is 15.1 Å². The lowest BCUT2D eigenvalue weighted by Gasteiger charge is -2.25. The number of hydrogen-bond donors (Lipinski definition) is 4. The van der Waals surface area contributed by atoms with E-state index in [-0.39, 0.29) is 29.5 Å². The molecule has 2 saturated carbocycles. The van der Waals surface area contributed by atoms with Crippen molar-refractivity contribution in [1.29, 1.82) is 0 Å². The van der Waals surface area contributed by atoms with Crippen LogP contribution in [0.25, 0.3) is 0 Å². The third kappa shape index (κ3) is 5.33. The van der Waals surface area contributed by atoms with E-state index >= 15 is 0 Å². The third-order valence-corrected chi connectivity index (χ3v) is 7.69. The molecular weight excluding hydrogens is 461 g/mol. The molecule has 2 aromatic rings. The zero-order valence-electron chi connectivity index (χ0n) is 18.1. The Balaban J connectivity index is 1.31. The number of amides is 2. The molecule has 7 nitrogen and oxygen atoms in total. The summed E-state index contributed by atoms with van der Waals surface area (Å²) in [5, 5.41) is 13.2. The van der Waals surface area contributed by atoms with Crippen LogP contribution in [-0.2, 0) is 17.6 Å². The number of carbonyl (C=O) groups excluding carboxylic acids is 2. The number of nitrogens with one attached hydrogen (secondary N) is 4. The summed E-state index contributed by atoms with van der Waals surface area (Å²) in [4.78, 5) is 30.3.